The van der Waals surface area contributed by atoms with Crippen molar-refractivity contribution < 1.29 is 78.0 Å². The van der Waals surface area contributed by atoms with Crippen LogP contribution in [0.15, 0.2) is 0 Å². The number of aliphatic carboxylic acids is 2. The first kappa shape index (κ1) is 62.0. The summed E-state index contributed by atoms with van der Waals surface area (Å²) in [7, 11) is 0. The Morgan fingerprint density at radius 3 is 1.46 bits per heavy atom. The summed E-state index contributed by atoms with van der Waals surface area (Å²) in [5, 5.41) is 55.5. The van der Waals surface area contributed by atoms with E-state index in [1.165, 1.54) is 11.8 Å². The second-order valence-electron chi connectivity index (χ2n) is 18.7. The molecule has 0 aromatic carbocycles. The fraction of sp³-hybridized carbons (Fsp3) is 0.727. The monoisotopic (exact) mass is 1040 g/mol. The number of carboxylic acid groups (broad SMARTS) is 2. The van der Waals surface area contributed by atoms with E-state index in [1.807, 2.05) is 13.8 Å². The molecular formula is C44H73N11O16S. The average Bonchev–Trinajstić information content (AvgIpc) is 4.01. The molecule has 0 spiro atoms. The van der Waals surface area contributed by atoms with E-state index in [4.69, 9.17) is 11.5 Å². The molecule has 2 aliphatic heterocycles. The Morgan fingerprint density at radius 2 is 0.972 bits per heavy atom. The standard InChI is InChI=1S/C44H73N11O16S/c1-21(2)16-24(45)42(68)54-14-6-9-32(54)41(67)52-29(19-57)38(64)53-30(20-72)39(65)50-27(17-22(3)4)36(62)48-25(11-13-34(59)60)35(61)51-28(18-56)37(63)49-26(10-12-33(46)58)43(69)55-15-7-8-31(55)40(66)47-23(5)44(70)71/h21-32,56-57,72H,6-20,45H2,1-5H3,(H2,46,58)(H,47,66)(H,48,62)(H,49,63)(H,50,65)(H,51,61)(H,52,67)(H,53,64)(H,59,60)(H,70,71)/t23-,24-,25-,26-,27-,28-,29-,30-,31-,32-/m0/s1. The van der Waals surface area contributed by atoms with Gasteiger partial charge in [-0.1, -0.05) is 27.7 Å². The van der Waals surface area contributed by atoms with Crippen LogP contribution in [0.2, 0.25) is 0 Å². The van der Waals surface area contributed by atoms with E-state index < -0.39 is 170 Å². The van der Waals surface area contributed by atoms with Crippen LogP contribution in [0.3, 0.4) is 0 Å². The molecule has 0 bridgehead atoms. The number of carboxylic acids is 2. The number of nitrogens with one attached hydrogen (secondary N) is 7. The average molecular weight is 1040 g/mol. The lowest BCUT2D eigenvalue weighted by molar-refractivity contribution is -0.144. The van der Waals surface area contributed by atoms with Crippen molar-refractivity contribution in [2.45, 2.75) is 159 Å². The number of nitrogens with two attached hydrogens (primary N) is 2. The van der Waals surface area contributed by atoms with E-state index in [9.17, 15) is 78.0 Å². The van der Waals surface area contributed by atoms with Crippen LogP contribution in [0.5, 0.6) is 0 Å². The molecule has 2 saturated heterocycles. The number of likely N-dealkylation sites (tertiary alicyclic amines) is 2. The second-order valence-corrected chi connectivity index (χ2v) is 19.0. The molecule has 0 aliphatic carbocycles. The van der Waals surface area contributed by atoms with Crippen molar-refractivity contribution in [1.29, 1.82) is 0 Å². The van der Waals surface area contributed by atoms with Gasteiger partial charge < -0.3 is 78.9 Å². The number of aliphatic hydroxyl groups excluding tert-OH is 2. The number of primary amides is 1. The van der Waals surface area contributed by atoms with Crippen molar-refractivity contribution in [2.24, 2.45) is 23.3 Å². The first-order valence-electron chi connectivity index (χ1n) is 23.8. The minimum Gasteiger partial charge on any atom is -0.481 e. The Balaban J connectivity index is 2.24. The zero-order chi connectivity index (χ0) is 54.6. The molecule has 10 atom stereocenters. The predicted octanol–water partition coefficient (Wildman–Crippen LogP) is -5.07. The van der Waals surface area contributed by atoms with Gasteiger partial charge in [-0.15, -0.1) is 0 Å². The van der Waals surface area contributed by atoms with Crippen molar-refractivity contribution in [1.82, 2.24) is 47.0 Å². The predicted molar refractivity (Wildman–Crippen MR) is 257 cm³/mol. The summed E-state index contributed by atoms with van der Waals surface area (Å²) in [5.74, 6) is -12.3. The van der Waals surface area contributed by atoms with Crippen LogP contribution in [0.25, 0.3) is 0 Å². The molecule has 0 radical (unpaired) electrons. The van der Waals surface area contributed by atoms with Gasteiger partial charge in [0.05, 0.1) is 19.3 Å². The van der Waals surface area contributed by atoms with Gasteiger partial charge in [-0.05, 0) is 70.1 Å². The summed E-state index contributed by atoms with van der Waals surface area (Å²) in [6, 6.07) is -13.9. The third-order valence-corrected chi connectivity index (χ3v) is 12.2. The van der Waals surface area contributed by atoms with E-state index in [1.54, 1.807) is 13.8 Å². The summed E-state index contributed by atoms with van der Waals surface area (Å²) in [5.41, 5.74) is 11.4. The summed E-state index contributed by atoms with van der Waals surface area (Å²) < 4.78 is 0. The van der Waals surface area contributed by atoms with Crippen LogP contribution in [-0.4, -0.2) is 194 Å². The van der Waals surface area contributed by atoms with Crippen LogP contribution in [0, 0.1) is 11.8 Å². The van der Waals surface area contributed by atoms with Crippen molar-refractivity contribution in [3.63, 3.8) is 0 Å². The number of aliphatic hydroxyl groups is 2. The third-order valence-electron chi connectivity index (χ3n) is 11.8. The third kappa shape index (κ3) is 19.5. The van der Waals surface area contributed by atoms with Gasteiger partial charge in [-0.25, -0.2) is 0 Å². The number of amides is 10. The Hall–Kier alpha value is -6.13. The lowest BCUT2D eigenvalue weighted by Crippen LogP contribution is -2.61. The van der Waals surface area contributed by atoms with E-state index in [2.05, 4.69) is 49.8 Å². The number of rotatable bonds is 30. The molecule has 2 aliphatic rings. The minimum absolute atomic E-state index is 0.0121. The molecule has 10 amide bonds. The van der Waals surface area contributed by atoms with Crippen LogP contribution in [-0.2, 0) is 57.5 Å². The first-order valence-corrected chi connectivity index (χ1v) is 24.4. The van der Waals surface area contributed by atoms with Gasteiger partial charge in [0.1, 0.15) is 54.4 Å². The number of carbonyl (C=O) groups is 12. The molecule has 0 aromatic heterocycles. The van der Waals surface area contributed by atoms with Gasteiger partial charge in [0.25, 0.3) is 0 Å². The van der Waals surface area contributed by atoms with Gasteiger partial charge in [-0.2, -0.15) is 12.6 Å². The summed E-state index contributed by atoms with van der Waals surface area (Å²) in [4.78, 5) is 158. The van der Waals surface area contributed by atoms with E-state index >= 15 is 0 Å². The smallest absolute Gasteiger partial charge is 0.325 e. The SMILES string of the molecule is CC(C)C[C@H](NC(=O)[C@H](CS)NC(=O)[C@H](CO)NC(=O)[C@@H]1CCCN1C(=O)[C@@H](N)CC(C)C)C(=O)N[C@@H](CCC(=O)O)C(=O)N[C@@H](CO)C(=O)N[C@@H](CCC(N)=O)C(=O)N1CCC[C@H]1C(=O)N[C@@H](C)C(=O)O. The molecular weight excluding hydrogens is 971 g/mol. The molecule has 2 heterocycles. The number of hydrogen-bond acceptors (Lipinski definition) is 16. The molecule has 2 fully saturated rings. The lowest BCUT2D eigenvalue weighted by atomic mass is 10.0. The van der Waals surface area contributed by atoms with Gasteiger partial charge in [0.15, 0.2) is 0 Å². The highest BCUT2D eigenvalue weighted by molar-refractivity contribution is 7.80. The largest absolute Gasteiger partial charge is 0.481 e. The quantitative estimate of drug-likeness (QED) is 0.0299. The number of thiol groups is 1. The molecule has 15 N–H and O–H groups in total. The van der Waals surface area contributed by atoms with Gasteiger partial charge in [0, 0.05) is 31.7 Å². The first-order chi connectivity index (χ1) is 33.8. The molecule has 28 heteroatoms. The van der Waals surface area contributed by atoms with Crippen molar-refractivity contribution in [2.75, 3.05) is 32.1 Å². The summed E-state index contributed by atoms with van der Waals surface area (Å²) in [6.07, 6.45) is -0.586. The fourth-order valence-electron chi connectivity index (χ4n) is 7.99. The number of nitrogens with zero attached hydrogens (tertiary/aromatic N) is 2. The van der Waals surface area contributed by atoms with E-state index in [-0.39, 0.29) is 49.9 Å². The van der Waals surface area contributed by atoms with Gasteiger partial charge in [-0.3, -0.25) is 57.5 Å². The maximum absolute atomic E-state index is 13.9. The minimum atomic E-state index is -1.86. The Morgan fingerprint density at radius 1 is 0.556 bits per heavy atom. The van der Waals surface area contributed by atoms with E-state index in [0.717, 1.165) is 4.90 Å². The van der Waals surface area contributed by atoms with Crippen LogP contribution in [0.4, 0.5) is 0 Å². The van der Waals surface area contributed by atoms with Gasteiger partial charge in [0.2, 0.25) is 59.1 Å². The number of hydrogen-bond donors (Lipinski definition) is 14. The molecule has 27 nitrogen and oxygen atoms in total. The summed E-state index contributed by atoms with van der Waals surface area (Å²) in [6.45, 7) is 6.63. The van der Waals surface area contributed by atoms with Crippen LogP contribution >= 0.6 is 12.6 Å². The van der Waals surface area contributed by atoms with Crippen LogP contribution in [0.1, 0.15) is 98.8 Å². The molecule has 0 saturated carbocycles. The number of carbonyl (C=O) groups excluding carboxylic acids is 10. The summed E-state index contributed by atoms with van der Waals surface area (Å²) >= 11 is 4.16. The van der Waals surface area contributed by atoms with Gasteiger partial charge >= 0.3 is 11.9 Å². The van der Waals surface area contributed by atoms with Crippen molar-refractivity contribution in [3.8, 4) is 0 Å². The zero-order valence-electron chi connectivity index (χ0n) is 41.2. The molecule has 72 heavy (non-hydrogen) atoms. The normalized spacial score (nSPS) is 18.8. The molecule has 406 valence electrons. The highest BCUT2D eigenvalue weighted by Gasteiger charge is 2.41. The van der Waals surface area contributed by atoms with Crippen LogP contribution < -0.4 is 48.7 Å². The molecule has 2 rings (SSSR count). The molecule has 0 unspecified atom stereocenters. The van der Waals surface area contributed by atoms with Crippen molar-refractivity contribution >= 4 is 83.6 Å². The maximum Gasteiger partial charge on any atom is 0.325 e. The van der Waals surface area contributed by atoms with Crippen molar-refractivity contribution in [3.05, 3.63) is 0 Å². The van der Waals surface area contributed by atoms with E-state index in [0.29, 0.717) is 19.3 Å². The highest BCUT2D eigenvalue weighted by atomic mass is 32.1. The lowest BCUT2D eigenvalue weighted by Gasteiger charge is -2.30. The Labute approximate surface area is 422 Å². The Bertz CT molecular complexity index is 1980. The second kappa shape index (κ2) is 30.0. The Kier molecular flexibility index (Phi) is 25.9. The topological polar surface area (TPSA) is 428 Å². The fourth-order valence-corrected chi connectivity index (χ4v) is 8.25. The zero-order valence-corrected chi connectivity index (χ0v) is 42.1. The highest BCUT2D eigenvalue weighted by Crippen LogP contribution is 2.22. The molecule has 0 aromatic rings. The maximum atomic E-state index is 13.9.